The molecule has 0 radical (unpaired) electrons. The molecule has 2 atom stereocenters. The quantitative estimate of drug-likeness (QED) is 0.625. The van der Waals surface area contributed by atoms with Gasteiger partial charge in [0, 0.05) is 0 Å². The Morgan fingerprint density at radius 2 is 2.15 bits per heavy atom. The Hall–Kier alpha value is -0.550. The Morgan fingerprint density at radius 3 is 2.85 bits per heavy atom. The fourth-order valence-corrected chi connectivity index (χ4v) is 2.12. The molecule has 0 heterocycles. The molecule has 0 saturated heterocycles. The summed E-state index contributed by atoms with van der Waals surface area (Å²) in [5.74, 6) is 0.743. The van der Waals surface area contributed by atoms with E-state index in [0.29, 0.717) is 19.1 Å². The molecule has 2 heteroatoms. The monoisotopic (exact) mass is 181 g/mol. The summed E-state index contributed by atoms with van der Waals surface area (Å²) in [5, 5.41) is 8.39. The molecule has 0 aromatic heterocycles. The summed E-state index contributed by atoms with van der Waals surface area (Å²) >= 11 is 0. The predicted molar refractivity (Wildman–Crippen MR) is 52.2 cm³/mol. The summed E-state index contributed by atoms with van der Waals surface area (Å²) in [7, 11) is 0. The summed E-state index contributed by atoms with van der Waals surface area (Å²) in [4.78, 5) is 0. The highest BCUT2D eigenvalue weighted by Crippen LogP contribution is 2.28. The van der Waals surface area contributed by atoms with Crippen molar-refractivity contribution in [2.45, 2.75) is 51.6 Å². The Kier molecular flexibility index (Phi) is 4.85. The van der Waals surface area contributed by atoms with Crippen molar-refractivity contribution >= 4 is 0 Å². The second-order valence-electron chi connectivity index (χ2n) is 3.77. The van der Waals surface area contributed by atoms with E-state index in [-0.39, 0.29) is 0 Å². The van der Waals surface area contributed by atoms with Crippen molar-refractivity contribution in [1.82, 2.24) is 0 Å². The van der Waals surface area contributed by atoms with Gasteiger partial charge in [0.15, 0.2) is 0 Å². The van der Waals surface area contributed by atoms with Gasteiger partial charge in [0.05, 0.1) is 25.2 Å². The number of hydrogen-bond donors (Lipinski definition) is 0. The van der Waals surface area contributed by atoms with E-state index in [1.54, 1.807) is 0 Å². The number of rotatable bonds is 4. The maximum Gasteiger partial charge on any atom is 0.0645 e. The third kappa shape index (κ3) is 3.36. The van der Waals surface area contributed by atoms with Crippen LogP contribution in [0, 0.1) is 17.2 Å². The van der Waals surface area contributed by atoms with Gasteiger partial charge in [-0.15, -0.1) is 0 Å². The molecule has 1 aliphatic rings. The molecule has 13 heavy (non-hydrogen) atoms. The predicted octanol–water partition coefficient (Wildman–Crippen LogP) is 2.89. The van der Waals surface area contributed by atoms with E-state index < -0.39 is 0 Å². The highest BCUT2D eigenvalue weighted by atomic mass is 16.5. The molecule has 0 bridgehead atoms. The summed E-state index contributed by atoms with van der Waals surface area (Å²) in [6, 6.07) is 2.12. The van der Waals surface area contributed by atoms with Crippen molar-refractivity contribution in [3.05, 3.63) is 0 Å². The maximum atomic E-state index is 8.39. The molecule has 0 aliphatic heterocycles. The first-order valence-corrected chi connectivity index (χ1v) is 5.37. The maximum absolute atomic E-state index is 8.39. The number of nitrogens with zero attached hydrogens (tertiary/aromatic N) is 1. The normalized spacial score (nSPS) is 28.3. The van der Waals surface area contributed by atoms with Crippen molar-refractivity contribution in [1.29, 1.82) is 5.26 Å². The molecule has 0 amide bonds. The van der Waals surface area contributed by atoms with E-state index >= 15 is 0 Å². The fourth-order valence-electron chi connectivity index (χ4n) is 2.12. The SMILES string of the molecule is CCC1CCCCC1OCCC#N. The van der Waals surface area contributed by atoms with Crippen molar-refractivity contribution < 1.29 is 4.74 Å². The zero-order valence-corrected chi connectivity index (χ0v) is 8.46. The highest BCUT2D eigenvalue weighted by Gasteiger charge is 2.23. The molecule has 1 fully saturated rings. The van der Waals surface area contributed by atoms with Crippen LogP contribution in [0.4, 0.5) is 0 Å². The fraction of sp³-hybridized carbons (Fsp3) is 0.909. The van der Waals surface area contributed by atoms with Crippen LogP contribution in [0.25, 0.3) is 0 Å². The Labute approximate surface area is 80.9 Å². The highest BCUT2D eigenvalue weighted by molar-refractivity contribution is 4.76. The lowest BCUT2D eigenvalue weighted by Crippen LogP contribution is -2.27. The van der Waals surface area contributed by atoms with Crippen molar-refractivity contribution in [2.75, 3.05) is 6.61 Å². The molecule has 0 spiro atoms. The van der Waals surface area contributed by atoms with Crippen LogP contribution in [0.1, 0.15) is 45.4 Å². The zero-order chi connectivity index (χ0) is 9.52. The number of nitriles is 1. The van der Waals surface area contributed by atoms with E-state index in [0.717, 1.165) is 5.92 Å². The molecule has 0 aromatic carbocycles. The lowest BCUT2D eigenvalue weighted by atomic mass is 9.85. The lowest BCUT2D eigenvalue weighted by Gasteiger charge is -2.30. The molecule has 1 rings (SSSR count). The van der Waals surface area contributed by atoms with Gasteiger partial charge in [-0.3, -0.25) is 0 Å². The molecule has 0 aromatic rings. The van der Waals surface area contributed by atoms with Gasteiger partial charge in [-0.1, -0.05) is 26.2 Å². The summed E-state index contributed by atoms with van der Waals surface area (Å²) in [6.07, 6.45) is 7.36. The third-order valence-corrected chi connectivity index (χ3v) is 2.91. The largest absolute Gasteiger partial charge is 0.377 e. The van der Waals surface area contributed by atoms with Gasteiger partial charge in [-0.05, 0) is 18.8 Å². The molecule has 2 nitrogen and oxygen atoms in total. The minimum Gasteiger partial charge on any atom is -0.377 e. The first-order valence-electron chi connectivity index (χ1n) is 5.37. The van der Waals surface area contributed by atoms with Gasteiger partial charge in [0.1, 0.15) is 0 Å². The van der Waals surface area contributed by atoms with Gasteiger partial charge >= 0.3 is 0 Å². The summed E-state index contributed by atoms with van der Waals surface area (Å²) < 4.78 is 5.70. The molecular weight excluding hydrogens is 162 g/mol. The number of hydrogen-bond acceptors (Lipinski definition) is 2. The van der Waals surface area contributed by atoms with Crippen LogP contribution in [0.15, 0.2) is 0 Å². The topological polar surface area (TPSA) is 33.0 Å². The second-order valence-corrected chi connectivity index (χ2v) is 3.77. The molecule has 2 unspecified atom stereocenters. The first kappa shape index (κ1) is 10.5. The van der Waals surface area contributed by atoms with Crippen molar-refractivity contribution in [3.8, 4) is 6.07 Å². The second kappa shape index (κ2) is 5.99. The minimum atomic E-state index is 0.437. The smallest absolute Gasteiger partial charge is 0.0645 e. The van der Waals surface area contributed by atoms with Crippen molar-refractivity contribution in [3.63, 3.8) is 0 Å². The molecule has 1 saturated carbocycles. The average Bonchev–Trinajstić information content (AvgIpc) is 2.19. The number of ether oxygens (including phenoxy) is 1. The van der Waals surface area contributed by atoms with E-state index in [1.807, 2.05) is 0 Å². The first-order chi connectivity index (χ1) is 6.38. The summed E-state index contributed by atoms with van der Waals surface area (Å²) in [6.45, 7) is 2.86. The van der Waals surface area contributed by atoms with Crippen LogP contribution in [-0.4, -0.2) is 12.7 Å². The van der Waals surface area contributed by atoms with Crippen LogP contribution in [0.5, 0.6) is 0 Å². The van der Waals surface area contributed by atoms with Gasteiger partial charge in [-0.2, -0.15) is 5.26 Å². The Bertz CT molecular complexity index is 173. The molecular formula is C11H19NO. The van der Waals surface area contributed by atoms with Crippen LogP contribution in [0.2, 0.25) is 0 Å². The molecule has 74 valence electrons. The van der Waals surface area contributed by atoms with Gasteiger partial charge < -0.3 is 4.74 Å². The Balaban J connectivity index is 2.24. The van der Waals surface area contributed by atoms with Gasteiger partial charge in [0.2, 0.25) is 0 Å². The van der Waals surface area contributed by atoms with E-state index in [9.17, 15) is 0 Å². The molecule has 1 aliphatic carbocycles. The van der Waals surface area contributed by atoms with Gasteiger partial charge in [-0.25, -0.2) is 0 Å². The summed E-state index contributed by atoms with van der Waals surface area (Å²) in [5.41, 5.74) is 0. The molecule has 0 N–H and O–H groups in total. The average molecular weight is 181 g/mol. The standard InChI is InChI=1S/C11H19NO/c1-2-10-6-3-4-7-11(10)13-9-5-8-12/h10-11H,2-7,9H2,1H3. The van der Waals surface area contributed by atoms with Crippen LogP contribution < -0.4 is 0 Å². The van der Waals surface area contributed by atoms with Gasteiger partial charge in [0.25, 0.3) is 0 Å². The van der Waals surface area contributed by atoms with E-state index in [1.165, 1.54) is 32.1 Å². The zero-order valence-electron chi connectivity index (χ0n) is 8.46. The van der Waals surface area contributed by atoms with Crippen LogP contribution >= 0.6 is 0 Å². The van der Waals surface area contributed by atoms with Crippen LogP contribution in [0.3, 0.4) is 0 Å². The van der Waals surface area contributed by atoms with Crippen molar-refractivity contribution in [2.24, 2.45) is 5.92 Å². The van der Waals surface area contributed by atoms with Crippen LogP contribution in [-0.2, 0) is 4.74 Å². The minimum absolute atomic E-state index is 0.437. The third-order valence-electron chi connectivity index (χ3n) is 2.91. The van der Waals surface area contributed by atoms with E-state index in [4.69, 9.17) is 10.00 Å². The Morgan fingerprint density at radius 1 is 1.38 bits per heavy atom. The lowest BCUT2D eigenvalue weighted by molar-refractivity contribution is -0.00925. The van der Waals surface area contributed by atoms with E-state index in [2.05, 4.69) is 13.0 Å².